The lowest BCUT2D eigenvalue weighted by molar-refractivity contribution is 1.11. The predicted octanol–water partition coefficient (Wildman–Crippen LogP) is 12.2. The van der Waals surface area contributed by atoms with Crippen LogP contribution in [0.25, 0.3) is 71.2 Å². The van der Waals surface area contributed by atoms with Crippen molar-refractivity contribution in [1.82, 2.24) is 9.55 Å². The van der Waals surface area contributed by atoms with E-state index in [0.717, 1.165) is 45.2 Å². The second-order valence-electron chi connectivity index (χ2n) is 12.4. The highest BCUT2D eigenvalue weighted by Crippen LogP contribution is 2.43. The van der Waals surface area contributed by atoms with Crippen LogP contribution >= 0.6 is 0 Å². The molecule has 1 aromatic heterocycles. The largest absolute Gasteiger partial charge is 0.310 e. The van der Waals surface area contributed by atoms with E-state index >= 15 is 0 Å². The molecule has 0 aliphatic heterocycles. The molecule has 0 amide bonds. The first-order chi connectivity index (χ1) is 23.8. The summed E-state index contributed by atoms with van der Waals surface area (Å²) < 4.78 is 2.35. The third-order valence-corrected chi connectivity index (χ3v) is 9.68. The van der Waals surface area contributed by atoms with E-state index in [1.807, 2.05) is 0 Å². The predicted molar refractivity (Wildman–Crippen MR) is 202 cm³/mol. The van der Waals surface area contributed by atoms with Gasteiger partial charge in [0.25, 0.3) is 0 Å². The van der Waals surface area contributed by atoms with Crippen LogP contribution in [0.2, 0.25) is 0 Å². The van der Waals surface area contributed by atoms with Crippen molar-refractivity contribution in [3.05, 3.63) is 176 Å². The number of benzene rings is 9. The molecule has 10 aromatic rings. The van der Waals surface area contributed by atoms with Crippen molar-refractivity contribution < 1.29 is 0 Å². The van der Waals surface area contributed by atoms with Gasteiger partial charge in [0, 0.05) is 39.1 Å². The maximum absolute atomic E-state index is 5.48. The molecular formula is C45H29N3. The fourth-order valence-corrected chi connectivity index (χ4v) is 7.53. The third-order valence-electron chi connectivity index (χ3n) is 9.68. The molecule has 0 fully saturated rings. The van der Waals surface area contributed by atoms with Gasteiger partial charge in [-0.15, -0.1) is 0 Å². The first-order valence-electron chi connectivity index (χ1n) is 16.4. The Bertz CT molecular complexity index is 2760. The average molecular weight is 612 g/mol. The molecule has 0 atom stereocenters. The van der Waals surface area contributed by atoms with Gasteiger partial charge in [0.1, 0.15) is 5.82 Å². The topological polar surface area (TPSA) is 21.1 Å². The van der Waals surface area contributed by atoms with Gasteiger partial charge < -0.3 is 4.90 Å². The second kappa shape index (κ2) is 10.5. The fourth-order valence-electron chi connectivity index (χ4n) is 7.53. The number of hydrogen-bond donors (Lipinski definition) is 0. The minimum absolute atomic E-state index is 0.927. The molecule has 9 aromatic carbocycles. The number of aromatic nitrogens is 2. The van der Waals surface area contributed by atoms with E-state index < -0.39 is 0 Å². The Kier molecular flexibility index (Phi) is 5.87. The van der Waals surface area contributed by atoms with Crippen LogP contribution in [-0.2, 0) is 0 Å². The molecule has 0 aliphatic carbocycles. The van der Waals surface area contributed by atoms with Crippen molar-refractivity contribution in [2.45, 2.75) is 0 Å². The van der Waals surface area contributed by atoms with Crippen LogP contribution in [0.15, 0.2) is 176 Å². The molecule has 1 heterocycles. The maximum atomic E-state index is 5.48. The Morgan fingerprint density at radius 2 is 0.979 bits per heavy atom. The zero-order chi connectivity index (χ0) is 31.6. The Morgan fingerprint density at radius 1 is 0.417 bits per heavy atom. The summed E-state index contributed by atoms with van der Waals surface area (Å²) in [5.41, 5.74) is 7.64. The molecular weight excluding hydrogens is 583 g/mol. The van der Waals surface area contributed by atoms with E-state index in [2.05, 4.69) is 185 Å². The number of imidazole rings is 1. The van der Waals surface area contributed by atoms with Crippen molar-refractivity contribution in [3.63, 3.8) is 0 Å². The Labute approximate surface area is 277 Å². The monoisotopic (exact) mass is 611 g/mol. The summed E-state index contributed by atoms with van der Waals surface area (Å²) in [6.45, 7) is 0. The normalized spacial score (nSPS) is 11.8. The third kappa shape index (κ3) is 4.04. The number of nitrogens with zero attached hydrogens (tertiary/aromatic N) is 3. The maximum Gasteiger partial charge on any atom is 0.145 e. The van der Waals surface area contributed by atoms with Crippen LogP contribution in [-0.4, -0.2) is 9.55 Å². The lowest BCUT2D eigenvalue weighted by atomic mass is 9.93. The molecule has 0 bridgehead atoms. The molecule has 3 heteroatoms. The molecule has 0 aliphatic rings. The number of para-hydroxylation sites is 2. The van der Waals surface area contributed by atoms with Crippen LogP contribution in [0.1, 0.15) is 0 Å². The van der Waals surface area contributed by atoms with Gasteiger partial charge >= 0.3 is 0 Å². The minimum Gasteiger partial charge on any atom is -0.310 e. The quantitative estimate of drug-likeness (QED) is 0.181. The first kappa shape index (κ1) is 26.7. The summed E-state index contributed by atoms with van der Waals surface area (Å²) in [5, 5.41) is 9.93. The molecule has 48 heavy (non-hydrogen) atoms. The molecule has 0 spiro atoms. The molecule has 3 nitrogen and oxygen atoms in total. The van der Waals surface area contributed by atoms with Crippen molar-refractivity contribution in [2.24, 2.45) is 0 Å². The standard InChI is InChI=1S/C45H29N3/c1-3-15-35(16-4-1)47(38-28-23-30-11-7-8-12-34(30)29-38)37-26-24-33(25-27-37)45-46-43-39-19-9-13-31-21-22-32-14-10-20-40(42(32)41(31)39)44(43)48(45)36-17-5-2-6-18-36/h1-29H. The molecule has 10 rings (SSSR count). The van der Waals surface area contributed by atoms with Gasteiger partial charge in [-0.1, -0.05) is 115 Å². The van der Waals surface area contributed by atoms with E-state index in [9.17, 15) is 0 Å². The van der Waals surface area contributed by atoms with Gasteiger partial charge in [-0.3, -0.25) is 4.57 Å². The Hall–Kier alpha value is -6.45. The summed E-state index contributed by atoms with van der Waals surface area (Å²) in [6.07, 6.45) is 0. The van der Waals surface area contributed by atoms with Crippen LogP contribution in [0.5, 0.6) is 0 Å². The highest BCUT2D eigenvalue weighted by atomic mass is 15.1. The van der Waals surface area contributed by atoms with E-state index in [1.54, 1.807) is 0 Å². The molecule has 224 valence electrons. The minimum atomic E-state index is 0.927. The number of fused-ring (bicyclic) bond motifs is 4. The highest BCUT2D eigenvalue weighted by molar-refractivity contribution is 6.32. The van der Waals surface area contributed by atoms with Gasteiger partial charge in [-0.2, -0.15) is 0 Å². The van der Waals surface area contributed by atoms with Gasteiger partial charge in [0.2, 0.25) is 0 Å². The molecule has 0 unspecified atom stereocenters. The second-order valence-corrected chi connectivity index (χ2v) is 12.4. The van der Waals surface area contributed by atoms with Gasteiger partial charge in [-0.05, 0) is 93.0 Å². The number of rotatable bonds is 5. The lowest BCUT2D eigenvalue weighted by Gasteiger charge is -2.26. The van der Waals surface area contributed by atoms with Crippen molar-refractivity contribution in [2.75, 3.05) is 4.90 Å². The molecule has 0 radical (unpaired) electrons. The Morgan fingerprint density at radius 3 is 1.73 bits per heavy atom. The summed E-state index contributed by atoms with van der Waals surface area (Å²) in [6, 6.07) is 63.0. The number of hydrogen-bond acceptors (Lipinski definition) is 2. The van der Waals surface area contributed by atoms with Gasteiger partial charge in [-0.25, -0.2) is 4.98 Å². The summed E-state index contributed by atoms with van der Waals surface area (Å²) in [4.78, 5) is 7.81. The summed E-state index contributed by atoms with van der Waals surface area (Å²) in [5.74, 6) is 0.927. The van der Waals surface area contributed by atoms with Crippen LogP contribution < -0.4 is 4.90 Å². The van der Waals surface area contributed by atoms with Crippen molar-refractivity contribution in [1.29, 1.82) is 0 Å². The van der Waals surface area contributed by atoms with Crippen molar-refractivity contribution >= 4 is 71.2 Å². The van der Waals surface area contributed by atoms with Crippen LogP contribution in [0, 0.1) is 0 Å². The van der Waals surface area contributed by atoms with Crippen molar-refractivity contribution in [3.8, 4) is 17.1 Å². The van der Waals surface area contributed by atoms with E-state index in [0.29, 0.717) is 0 Å². The van der Waals surface area contributed by atoms with E-state index in [-0.39, 0.29) is 0 Å². The SMILES string of the molecule is c1ccc(N(c2ccc(-c3nc4c5cccc6ccc7cccc(c7c65)c4n3-c3ccccc3)cc2)c2ccc3ccccc3c2)cc1. The van der Waals surface area contributed by atoms with Gasteiger partial charge in [0.15, 0.2) is 0 Å². The Balaban J connectivity index is 1.21. The molecule has 0 N–H and O–H groups in total. The first-order valence-corrected chi connectivity index (χ1v) is 16.4. The summed E-state index contributed by atoms with van der Waals surface area (Å²) in [7, 11) is 0. The summed E-state index contributed by atoms with van der Waals surface area (Å²) >= 11 is 0. The van der Waals surface area contributed by atoms with E-state index in [4.69, 9.17) is 4.98 Å². The fraction of sp³-hybridized carbons (Fsp3) is 0. The molecule has 0 saturated carbocycles. The zero-order valence-electron chi connectivity index (χ0n) is 26.1. The zero-order valence-corrected chi connectivity index (χ0v) is 26.1. The van der Waals surface area contributed by atoms with E-state index in [1.165, 1.54) is 43.1 Å². The smallest absolute Gasteiger partial charge is 0.145 e. The number of anilines is 3. The lowest BCUT2D eigenvalue weighted by Crippen LogP contribution is -2.09. The van der Waals surface area contributed by atoms with Gasteiger partial charge in [0.05, 0.1) is 11.0 Å². The highest BCUT2D eigenvalue weighted by Gasteiger charge is 2.22. The average Bonchev–Trinajstić information content (AvgIpc) is 3.57. The van der Waals surface area contributed by atoms with Crippen LogP contribution in [0.3, 0.4) is 0 Å². The molecule has 0 saturated heterocycles. The van der Waals surface area contributed by atoms with Crippen LogP contribution in [0.4, 0.5) is 17.1 Å².